The molecule has 0 amide bonds. The van der Waals surface area contributed by atoms with Gasteiger partial charge in [-0.05, 0) is 13.0 Å². The van der Waals surface area contributed by atoms with Crippen LogP contribution in [0, 0.1) is 5.92 Å². The van der Waals surface area contributed by atoms with Crippen molar-refractivity contribution in [1.82, 2.24) is 20.3 Å². The molecule has 2 heterocycles. The number of hydrogen-bond acceptors (Lipinski definition) is 5. The van der Waals surface area contributed by atoms with Gasteiger partial charge in [0.25, 0.3) is 0 Å². The van der Waals surface area contributed by atoms with Crippen molar-refractivity contribution < 1.29 is 9.53 Å². The molecule has 2 unspecified atom stereocenters. The molecule has 0 bridgehead atoms. The van der Waals surface area contributed by atoms with Gasteiger partial charge in [-0.2, -0.15) is 0 Å². The number of nitrogens with zero attached hydrogens (tertiary/aromatic N) is 3. The molecule has 1 N–H and O–H groups in total. The van der Waals surface area contributed by atoms with Gasteiger partial charge >= 0.3 is 0 Å². The summed E-state index contributed by atoms with van der Waals surface area (Å²) in [6.07, 6.45) is 3.18. The van der Waals surface area contributed by atoms with Crippen LogP contribution in [0.15, 0.2) is 6.20 Å². The highest BCUT2D eigenvalue weighted by Gasteiger charge is 2.33. The van der Waals surface area contributed by atoms with E-state index < -0.39 is 0 Å². The minimum atomic E-state index is -0.0569. The lowest BCUT2D eigenvalue weighted by Crippen LogP contribution is -2.40. The number of rotatable bonds is 6. The van der Waals surface area contributed by atoms with Crippen molar-refractivity contribution in [2.75, 3.05) is 19.8 Å². The predicted octanol–water partition coefficient (Wildman–Crippen LogP) is -0.0587. The summed E-state index contributed by atoms with van der Waals surface area (Å²) in [5.74, 6) is 0.125. The molecule has 2 atom stereocenters. The zero-order valence-electron chi connectivity index (χ0n) is 10.9. The summed E-state index contributed by atoms with van der Waals surface area (Å²) >= 11 is 0. The van der Waals surface area contributed by atoms with Crippen LogP contribution < -0.4 is 5.32 Å². The van der Waals surface area contributed by atoms with Crippen molar-refractivity contribution in [1.29, 1.82) is 0 Å². The second kappa shape index (κ2) is 6.06. The van der Waals surface area contributed by atoms with Crippen LogP contribution in [0.25, 0.3) is 0 Å². The van der Waals surface area contributed by atoms with Crippen molar-refractivity contribution in [3.05, 3.63) is 11.9 Å². The molecule has 1 aromatic heterocycles. The first-order chi connectivity index (χ1) is 8.70. The van der Waals surface area contributed by atoms with Gasteiger partial charge in [0.2, 0.25) is 0 Å². The number of nitrogens with one attached hydrogen (secondary N) is 1. The Morgan fingerprint density at radius 3 is 3.11 bits per heavy atom. The first kappa shape index (κ1) is 13.2. The molecular formula is C12H20N4O2. The van der Waals surface area contributed by atoms with E-state index >= 15 is 0 Å². The van der Waals surface area contributed by atoms with Crippen molar-refractivity contribution in [2.45, 2.75) is 25.8 Å². The summed E-state index contributed by atoms with van der Waals surface area (Å²) in [6, 6.07) is 0.147. The van der Waals surface area contributed by atoms with E-state index in [0.717, 1.165) is 18.7 Å². The van der Waals surface area contributed by atoms with E-state index in [1.807, 2.05) is 0 Å². The Balaban J connectivity index is 1.91. The molecule has 0 spiro atoms. The normalized spacial score (nSPS) is 23.4. The number of hydrogen-bond donors (Lipinski definition) is 1. The molecule has 1 aliphatic heterocycles. The summed E-state index contributed by atoms with van der Waals surface area (Å²) in [4.78, 5) is 12.2. The molecule has 1 saturated heterocycles. The standard InChI is InChI=1S/C12H20N4O2/c1-3-4-13-11-8-18-7-10(11)12(17)5-9-6-16(2)15-14-9/h6,10-11,13H,3-5,7-8H2,1-2H3. The Labute approximate surface area is 107 Å². The molecule has 18 heavy (non-hydrogen) atoms. The van der Waals surface area contributed by atoms with Gasteiger partial charge in [-0.25, -0.2) is 0 Å². The number of aryl methyl sites for hydroxylation is 1. The van der Waals surface area contributed by atoms with Crippen LogP contribution >= 0.6 is 0 Å². The third-order valence-electron chi connectivity index (χ3n) is 3.16. The lowest BCUT2D eigenvalue weighted by atomic mass is 9.95. The maximum atomic E-state index is 12.2. The smallest absolute Gasteiger partial charge is 0.145 e. The van der Waals surface area contributed by atoms with Gasteiger partial charge in [-0.3, -0.25) is 9.48 Å². The van der Waals surface area contributed by atoms with Crippen LogP contribution in [0.3, 0.4) is 0 Å². The number of ether oxygens (including phenoxy) is 1. The van der Waals surface area contributed by atoms with Crippen molar-refractivity contribution in [3.8, 4) is 0 Å². The number of carbonyl (C=O) groups is 1. The molecule has 6 heteroatoms. The predicted molar refractivity (Wildman–Crippen MR) is 66.1 cm³/mol. The van der Waals surface area contributed by atoms with Crippen LogP contribution in [0.4, 0.5) is 0 Å². The minimum Gasteiger partial charge on any atom is -0.379 e. The second-order valence-electron chi connectivity index (χ2n) is 4.73. The van der Waals surface area contributed by atoms with Crippen LogP contribution in [0.2, 0.25) is 0 Å². The summed E-state index contributed by atoms with van der Waals surface area (Å²) < 4.78 is 7.02. The molecule has 0 saturated carbocycles. The summed E-state index contributed by atoms with van der Waals surface area (Å²) in [5.41, 5.74) is 0.726. The maximum absolute atomic E-state index is 12.2. The molecule has 6 nitrogen and oxygen atoms in total. The SMILES string of the molecule is CCCNC1COCC1C(=O)Cc1cn(C)nn1. The highest BCUT2D eigenvalue weighted by Crippen LogP contribution is 2.16. The van der Waals surface area contributed by atoms with Gasteiger partial charge in [0, 0.05) is 19.3 Å². The zero-order chi connectivity index (χ0) is 13.0. The Bertz CT molecular complexity index is 405. The fourth-order valence-corrected chi connectivity index (χ4v) is 2.19. The van der Waals surface area contributed by atoms with Gasteiger partial charge in [0.15, 0.2) is 0 Å². The summed E-state index contributed by atoms with van der Waals surface area (Å²) in [7, 11) is 1.80. The van der Waals surface area contributed by atoms with Crippen LogP contribution in [0.5, 0.6) is 0 Å². The molecule has 1 aromatic rings. The third kappa shape index (κ3) is 3.14. The van der Waals surface area contributed by atoms with E-state index in [0.29, 0.717) is 19.6 Å². The third-order valence-corrected chi connectivity index (χ3v) is 3.16. The van der Waals surface area contributed by atoms with Gasteiger partial charge in [0.1, 0.15) is 5.78 Å². The zero-order valence-corrected chi connectivity index (χ0v) is 10.9. The van der Waals surface area contributed by atoms with Gasteiger partial charge in [0.05, 0.1) is 31.2 Å². The molecule has 1 fully saturated rings. The molecule has 0 radical (unpaired) electrons. The van der Waals surface area contributed by atoms with Crippen LogP contribution in [-0.2, 0) is 23.0 Å². The topological polar surface area (TPSA) is 69.0 Å². The average molecular weight is 252 g/mol. The van der Waals surface area contributed by atoms with E-state index in [-0.39, 0.29) is 17.7 Å². The van der Waals surface area contributed by atoms with Gasteiger partial charge < -0.3 is 10.1 Å². The van der Waals surface area contributed by atoms with E-state index in [1.54, 1.807) is 17.9 Å². The number of aromatic nitrogens is 3. The number of ketones is 1. The van der Waals surface area contributed by atoms with E-state index in [4.69, 9.17) is 4.74 Å². The lowest BCUT2D eigenvalue weighted by Gasteiger charge is -2.17. The Hall–Kier alpha value is -1.27. The van der Waals surface area contributed by atoms with Crippen molar-refractivity contribution >= 4 is 5.78 Å². The van der Waals surface area contributed by atoms with Gasteiger partial charge in [-0.1, -0.05) is 12.1 Å². The summed E-state index contributed by atoms with van der Waals surface area (Å²) in [5, 5.41) is 11.1. The Kier molecular flexibility index (Phi) is 4.43. The molecular weight excluding hydrogens is 232 g/mol. The Morgan fingerprint density at radius 1 is 1.61 bits per heavy atom. The van der Waals surface area contributed by atoms with Crippen molar-refractivity contribution in [2.24, 2.45) is 13.0 Å². The monoisotopic (exact) mass is 252 g/mol. The van der Waals surface area contributed by atoms with Crippen LogP contribution in [0.1, 0.15) is 19.0 Å². The van der Waals surface area contributed by atoms with Gasteiger partial charge in [-0.15, -0.1) is 5.10 Å². The highest BCUT2D eigenvalue weighted by atomic mass is 16.5. The van der Waals surface area contributed by atoms with E-state index in [9.17, 15) is 4.79 Å². The Morgan fingerprint density at radius 2 is 2.44 bits per heavy atom. The maximum Gasteiger partial charge on any atom is 0.145 e. The first-order valence-corrected chi connectivity index (χ1v) is 6.39. The molecule has 1 aliphatic rings. The first-order valence-electron chi connectivity index (χ1n) is 6.39. The quantitative estimate of drug-likeness (QED) is 0.768. The molecule has 100 valence electrons. The number of Topliss-reactive ketones (excluding diaryl/α,β-unsaturated/α-hetero) is 1. The summed E-state index contributed by atoms with van der Waals surface area (Å²) in [6.45, 7) is 4.17. The van der Waals surface area contributed by atoms with E-state index in [2.05, 4.69) is 22.6 Å². The van der Waals surface area contributed by atoms with Crippen molar-refractivity contribution in [3.63, 3.8) is 0 Å². The second-order valence-corrected chi connectivity index (χ2v) is 4.73. The minimum absolute atomic E-state index is 0.0569. The highest BCUT2D eigenvalue weighted by molar-refractivity contribution is 5.83. The largest absolute Gasteiger partial charge is 0.379 e. The molecule has 0 aromatic carbocycles. The molecule has 0 aliphatic carbocycles. The molecule has 2 rings (SSSR count). The average Bonchev–Trinajstić information content (AvgIpc) is 2.95. The fourth-order valence-electron chi connectivity index (χ4n) is 2.19. The number of carbonyl (C=O) groups excluding carboxylic acids is 1. The van der Waals surface area contributed by atoms with E-state index in [1.165, 1.54) is 0 Å². The van der Waals surface area contributed by atoms with Crippen LogP contribution in [-0.4, -0.2) is 46.6 Å². The lowest BCUT2D eigenvalue weighted by molar-refractivity contribution is -0.122. The fraction of sp³-hybridized carbons (Fsp3) is 0.750.